The van der Waals surface area contributed by atoms with Gasteiger partial charge in [-0.1, -0.05) is 48.5 Å². The third-order valence-corrected chi connectivity index (χ3v) is 8.02. The highest BCUT2D eigenvalue weighted by Crippen LogP contribution is 2.39. The first-order chi connectivity index (χ1) is 17.4. The van der Waals surface area contributed by atoms with Crippen LogP contribution in [0.4, 0.5) is 0 Å². The maximum atomic E-state index is 13.5. The lowest BCUT2D eigenvalue weighted by atomic mass is 9.71. The number of rotatable bonds is 8. The van der Waals surface area contributed by atoms with E-state index in [9.17, 15) is 14.4 Å². The van der Waals surface area contributed by atoms with Gasteiger partial charge < -0.3 is 15.0 Å². The topological polar surface area (TPSA) is 75.7 Å². The molecule has 6 nitrogen and oxygen atoms in total. The van der Waals surface area contributed by atoms with Crippen LogP contribution in [0.25, 0.3) is 0 Å². The van der Waals surface area contributed by atoms with Crippen LogP contribution in [0.5, 0.6) is 0 Å². The fourth-order valence-corrected chi connectivity index (χ4v) is 5.81. The van der Waals surface area contributed by atoms with Crippen LogP contribution in [0.2, 0.25) is 0 Å². The van der Waals surface area contributed by atoms with Crippen molar-refractivity contribution in [3.05, 3.63) is 70.8 Å². The number of ketones is 1. The Morgan fingerprint density at radius 2 is 1.89 bits per heavy atom. The van der Waals surface area contributed by atoms with Gasteiger partial charge in [-0.3, -0.25) is 14.4 Å². The monoisotopic (exact) mass is 490 g/mol. The van der Waals surface area contributed by atoms with Crippen LogP contribution in [0.1, 0.15) is 67.2 Å². The first-order valence-electron chi connectivity index (χ1n) is 13.2. The summed E-state index contributed by atoms with van der Waals surface area (Å²) < 4.78 is 5.55. The van der Waals surface area contributed by atoms with Crippen LogP contribution in [0.3, 0.4) is 0 Å². The molecule has 2 aliphatic heterocycles. The maximum absolute atomic E-state index is 13.5. The van der Waals surface area contributed by atoms with Crippen LogP contribution in [-0.2, 0) is 24.5 Å². The van der Waals surface area contributed by atoms with Gasteiger partial charge in [0.15, 0.2) is 0 Å². The molecule has 0 bridgehead atoms. The molecule has 2 unspecified atom stereocenters. The summed E-state index contributed by atoms with van der Waals surface area (Å²) in [4.78, 5) is 40.4. The maximum Gasteiger partial charge on any atom is 0.316 e. The molecule has 0 radical (unpaired) electrons. The minimum absolute atomic E-state index is 0.105. The number of hydrogen-bond acceptors (Lipinski definition) is 5. The van der Waals surface area contributed by atoms with Crippen LogP contribution in [-0.4, -0.2) is 55.8 Å². The number of nitrogens with zero attached hydrogens (tertiary/aromatic N) is 1. The summed E-state index contributed by atoms with van der Waals surface area (Å²) in [5, 5.41) is 3.37. The van der Waals surface area contributed by atoms with E-state index in [1.165, 1.54) is 0 Å². The third-order valence-electron chi connectivity index (χ3n) is 8.02. The van der Waals surface area contributed by atoms with Gasteiger partial charge in [-0.15, -0.1) is 0 Å². The van der Waals surface area contributed by atoms with Gasteiger partial charge in [0, 0.05) is 38.3 Å². The van der Waals surface area contributed by atoms with Gasteiger partial charge in [0.1, 0.15) is 5.78 Å². The van der Waals surface area contributed by atoms with Gasteiger partial charge in [-0.05, 0) is 68.5 Å². The van der Waals surface area contributed by atoms with Crippen molar-refractivity contribution in [2.45, 2.75) is 57.3 Å². The summed E-state index contributed by atoms with van der Waals surface area (Å²) >= 11 is 0. The molecular formula is C30H38N2O4. The normalized spacial score (nSPS) is 20.6. The second-order valence-electron chi connectivity index (χ2n) is 10.3. The van der Waals surface area contributed by atoms with Crippen LogP contribution in [0, 0.1) is 12.8 Å². The van der Waals surface area contributed by atoms with Crippen molar-refractivity contribution in [1.82, 2.24) is 10.2 Å². The fraction of sp³-hybridized carbons (Fsp3) is 0.500. The van der Waals surface area contributed by atoms with Crippen molar-refractivity contribution < 1.29 is 19.1 Å². The standard InChI is InChI=1S/C30H38N2O4/c1-4-36-29(35)30(14-16-31-17-15-30)24-10-7-9-22(18-24)26(25-11-6-5-8-21(25)2)19-27(33)23-12-13-28(34)32(3)20-23/h5-11,18,23,26,31H,4,12-17,19-20H2,1-3H3. The van der Waals surface area contributed by atoms with Crippen LogP contribution < -0.4 is 5.32 Å². The molecule has 0 spiro atoms. The Morgan fingerprint density at radius 3 is 2.58 bits per heavy atom. The van der Waals surface area contributed by atoms with Crippen molar-refractivity contribution in [2.75, 3.05) is 33.3 Å². The molecule has 2 saturated heterocycles. The second-order valence-corrected chi connectivity index (χ2v) is 10.3. The Hall–Kier alpha value is -2.99. The molecule has 6 heteroatoms. The Kier molecular flexibility index (Phi) is 8.24. The van der Waals surface area contributed by atoms with E-state index >= 15 is 0 Å². The number of nitrogens with one attached hydrogen (secondary N) is 1. The zero-order valence-electron chi connectivity index (χ0n) is 21.7. The number of carbonyl (C=O) groups excluding carboxylic acids is 3. The van der Waals surface area contributed by atoms with Gasteiger partial charge >= 0.3 is 5.97 Å². The predicted molar refractivity (Wildman–Crippen MR) is 140 cm³/mol. The number of Topliss-reactive ketones (excluding diaryl/α,β-unsaturated/α-hetero) is 1. The van der Waals surface area contributed by atoms with Gasteiger partial charge in [0.25, 0.3) is 0 Å². The van der Waals surface area contributed by atoms with E-state index in [4.69, 9.17) is 4.74 Å². The molecule has 2 heterocycles. The van der Waals surface area contributed by atoms with E-state index in [0.717, 1.165) is 35.3 Å². The number of ether oxygens (including phenoxy) is 1. The van der Waals surface area contributed by atoms with E-state index < -0.39 is 5.41 Å². The number of benzene rings is 2. The van der Waals surface area contributed by atoms with Crippen molar-refractivity contribution in [3.8, 4) is 0 Å². The second kappa shape index (κ2) is 11.4. The number of carbonyl (C=O) groups is 3. The molecule has 2 aliphatic rings. The zero-order chi connectivity index (χ0) is 25.7. The third kappa shape index (κ3) is 5.39. The molecule has 2 aromatic carbocycles. The van der Waals surface area contributed by atoms with Gasteiger partial charge in [-0.25, -0.2) is 0 Å². The molecule has 4 rings (SSSR count). The molecule has 1 amide bonds. The predicted octanol–water partition coefficient (Wildman–Crippen LogP) is 4.14. The van der Waals surface area contributed by atoms with Crippen molar-refractivity contribution in [1.29, 1.82) is 0 Å². The number of piperidine rings is 2. The average Bonchev–Trinajstić information content (AvgIpc) is 2.90. The molecule has 2 fully saturated rings. The summed E-state index contributed by atoms with van der Waals surface area (Å²) in [7, 11) is 1.78. The molecular weight excluding hydrogens is 452 g/mol. The van der Waals surface area contributed by atoms with E-state index in [2.05, 4.69) is 36.5 Å². The molecule has 0 aromatic heterocycles. The first kappa shape index (κ1) is 26.1. The van der Waals surface area contributed by atoms with Crippen LogP contribution >= 0.6 is 0 Å². The lowest BCUT2D eigenvalue weighted by Crippen LogP contribution is -2.46. The van der Waals surface area contributed by atoms with Gasteiger partial charge in [-0.2, -0.15) is 0 Å². The van der Waals surface area contributed by atoms with Crippen molar-refractivity contribution in [3.63, 3.8) is 0 Å². The highest BCUT2D eigenvalue weighted by atomic mass is 16.5. The Morgan fingerprint density at radius 1 is 1.14 bits per heavy atom. The largest absolute Gasteiger partial charge is 0.465 e. The van der Waals surface area contributed by atoms with Gasteiger partial charge in [0.2, 0.25) is 5.91 Å². The molecule has 192 valence electrons. The van der Waals surface area contributed by atoms with Crippen LogP contribution in [0.15, 0.2) is 48.5 Å². The molecule has 0 saturated carbocycles. The Balaban J connectivity index is 1.70. The number of likely N-dealkylation sites (tertiary alicyclic amines) is 1. The van der Waals surface area contributed by atoms with E-state index in [-0.39, 0.29) is 29.5 Å². The van der Waals surface area contributed by atoms with Crippen molar-refractivity contribution in [2.24, 2.45) is 5.92 Å². The smallest absolute Gasteiger partial charge is 0.316 e. The zero-order valence-corrected chi connectivity index (χ0v) is 21.7. The molecule has 2 aromatic rings. The summed E-state index contributed by atoms with van der Waals surface area (Å²) in [6.07, 6.45) is 2.78. The summed E-state index contributed by atoms with van der Waals surface area (Å²) in [5.74, 6) is -0.134. The Bertz CT molecular complexity index is 1110. The summed E-state index contributed by atoms with van der Waals surface area (Å²) in [6.45, 7) is 6.28. The minimum atomic E-state index is -0.677. The number of esters is 1. The molecule has 0 aliphatic carbocycles. The van der Waals surface area contributed by atoms with E-state index in [1.807, 2.05) is 31.2 Å². The highest BCUT2D eigenvalue weighted by molar-refractivity contribution is 5.86. The van der Waals surface area contributed by atoms with Crippen molar-refractivity contribution >= 4 is 17.7 Å². The molecule has 1 N–H and O–H groups in total. The first-order valence-corrected chi connectivity index (χ1v) is 13.2. The quantitative estimate of drug-likeness (QED) is 0.563. The molecule has 2 atom stereocenters. The highest BCUT2D eigenvalue weighted by Gasteiger charge is 2.43. The number of hydrogen-bond donors (Lipinski definition) is 1. The fourth-order valence-electron chi connectivity index (χ4n) is 5.81. The number of amides is 1. The number of aryl methyl sites for hydroxylation is 1. The average molecular weight is 491 g/mol. The van der Waals surface area contributed by atoms with E-state index in [0.29, 0.717) is 45.3 Å². The SMILES string of the molecule is CCOC(=O)C1(c2cccc(C(CC(=O)C3CCC(=O)N(C)C3)c3ccccc3C)c2)CCNCC1. The summed E-state index contributed by atoms with van der Waals surface area (Å²) in [6, 6.07) is 16.5. The molecule has 36 heavy (non-hydrogen) atoms. The summed E-state index contributed by atoms with van der Waals surface area (Å²) in [5.41, 5.74) is 3.59. The lowest BCUT2D eigenvalue weighted by Gasteiger charge is -2.36. The Labute approximate surface area is 214 Å². The lowest BCUT2D eigenvalue weighted by molar-refractivity contribution is -0.151. The van der Waals surface area contributed by atoms with E-state index in [1.54, 1.807) is 11.9 Å². The van der Waals surface area contributed by atoms with Gasteiger partial charge in [0.05, 0.1) is 12.0 Å². The minimum Gasteiger partial charge on any atom is -0.465 e.